The highest BCUT2D eigenvalue weighted by molar-refractivity contribution is 5.89. The Hall–Kier alpha value is -2.01. The smallest absolute Gasteiger partial charge is 0.293 e. The molecule has 0 spiro atoms. The summed E-state index contributed by atoms with van der Waals surface area (Å²) in [6.07, 6.45) is -0.409. The highest BCUT2D eigenvalue weighted by Gasteiger charge is 2.21. The number of hydrogen-bond acceptors (Lipinski definition) is 5. The van der Waals surface area contributed by atoms with Gasteiger partial charge in [0.2, 0.25) is 11.6 Å². The summed E-state index contributed by atoms with van der Waals surface area (Å²) < 4.78 is 10.5. The molecule has 0 saturated heterocycles. The minimum atomic E-state index is -0.409. The zero-order valence-corrected chi connectivity index (χ0v) is 10.3. The van der Waals surface area contributed by atoms with E-state index in [0.29, 0.717) is 12.4 Å². The average molecular weight is 246 g/mol. The predicted octanol–water partition coefficient (Wildman–Crippen LogP) is 2.40. The highest BCUT2D eigenvalue weighted by atomic mass is 16.5. The van der Waals surface area contributed by atoms with Gasteiger partial charge in [0.25, 0.3) is 5.89 Å². The molecule has 1 aromatic heterocycles. The van der Waals surface area contributed by atoms with Crippen molar-refractivity contribution < 1.29 is 14.1 Å². The largest absolute Gasteiger partial charge is 0.366 e. The number of ketones is 1. The van der Waals surface area contributed by atoms with Crippen LogP contribution in [0.5, 0.6) is 0 Å². The Kier molecular flexibility index (Phi) is 3.84. The molecule has 0 aliphatic carbocycles. The SMILES string of the molecule is CCOC(c1ccccc1)c1noc(C(C)=O)n1. The Morgan fingerprint density at radius 2 is 2.11 bits per heavy atom. The minimum absolute atomic E-state index is 0.00522. The fourth-order valence-electron chi connectivity index (χ4n) is 1.60. The summed E-state index contributed by atoms with van der Waals surface area (Å²) in [4.78, 5) is 15.2. The molecule has 1 aromatic carbocycles. The maximum absolute atomic E-state index is 11.1. The first kappa shape index (κ1) is 12.4. The van der Waals surface area contributed by atoms with E-state index in [1.165, 1.54) is 6.92 Å². The predicted molar refractivity (Wildman–Crippen MR) is 64.2 cm³/mol. The van der Waals surface area contributed by atoms with Gasteiger partial charge < -0.3 is 9.26 Å². The molecule has 0 saturated carbocycles. The summed E-state index contributed by atoms with van der Waals surface area (Å²) in [6, 6.07) is 9.58. The Labute approximate surface area is 105 Å². The monoisotopic (exact) mass is 246 g/mol. The number of carbonyl (C=O) groups excluding carboxylic acids is 1. The topological polar surface area (TPSA) is 65.2 Å². The highest BCUT2D eigenvalue weighted by Crippen LogP contribution is 2.23. The van der Waals surface area contributed by atoms with Gasteiger partial charge in [-0.15, -0.1) is 0 Å². The molecular weight excluding hydrogens is 232 g/mol. The van der Waals surface area contributed by atoms with Crippen LogP contribution in [0.1, 0.15) is 42.0 Å². The van der Waals surface area contributed by atoms with Crippen molar-refractivity contribution in [3.05, 3.63) is 47.6 Å². The van der Waals surface area contributed by atoms with E-state index in [4.69, 9.17) is 9.26 Å². The summed E-state index contributed by atoms with van der Waals surface area (Å²) in [5.41, 5.74) is 0.926. The first-order valence-electron chi connectivity index (χ1n) is 5.73. The van der Waals surface area contributed by atoms with E-state index in [-0.39, 0.29) is 11.7 Å². The fourth-order valence-corrected chi connectivity index (χ4v) is 1.60. The van der Waals surface area contributed by atoms with Gasteiger partial charge in [-0.3, -0.25) is 4.79 Å². The van der Waals surface area contributed by atoms with Gasteiger partial charge in [0, 0.05) is 13.5 Å². The van der Waals surface area contributed by atoms with E-state index >= 15 is 0 Å². The molecule has 0 aliphatic rings. The van der Waals surface area contributed by atoms with Crippen molar-refractivity contribution in [1.82, 2.24) is 10.1 Å². The van der Waals surface area contributed by atoms with Gasteiger partial charge in [-0.2, -0.15) is 4.98 Å². The quantitative estimate of drug-likeness (QED) is 0.758. The van der Waals surface area contributed by atoms with Crippen molar-refractivity contribution in [3.8, 4) is 0 Å². The average Bonchev–Trinajstić information content (AvgIpc) is 2.86. The lowest BCUT2D eigenvalue weighted by atomic mass is 10.1. The van der Waals surface area contributed by atoms with Crippen LogP contribution in [0.15, 0.2) is 34.9 Å². The number of ether oxygens (including phenoxy) is 1. The molecule has 0 fully saturated rings. The van der Waals surface area contributed by atoms with Crippen molar-refractivity contribution in [3.63, 3.8) is 0 Å². The number of hydrogen-bond donors (Lipinski definition) is 0. The van der Waals surface area contributed by atoms with E-state index in [0.717, 1.165) is 5.56 Å². The lowest BCUT2D eigenvalue weighted by Gasteiger charge is -2.13. The maximum atomic E-state index is 11.1. The van der Waals surface area contributed by atoms with Gasteiger partial charge in [0.1, 0.15) is 6.10 Å². The number of aromatic nitrogens is 2. The molecule has 0 N–H and O–H groups in total. The van der Waals surface area contributed by atoms with Gasteiger partial charge in [0.15, 0.2) is 0 Å². The van der Waals surface area contributed by atoms with Crippen LogP contribution < -0.4 is 0 Å². The molecule has 0 radical (unpaired) electrons. The lowest BCUT2D eigenvalue weighted by Crippen LogP contribution is -2.08. The third-order valence-electron chi connectivity index (χ3n) is 2.41. The first-order valence-corrected chi connectivity index (χ1v) is 5.73. The molecular formula is C13H14N2O3. The van der Waals surface area contributed by atoms with Gasteiger partial charge >= 0.3 is 0 Å². The van der Waals surface area contributed by atoms with Gasteiger partial charge in [-0.1, -0.05) is 35.5 Å². The van der Waals surface area contributed by atoms with E-state index in [1.54, 1.807) is 0 Å². The Morgan fingerprint density at radius 1 is 1.39 bits per heavy atom. The summed E-state index contributed by atoms with van der Waals surface area (Å²) >= 11 is 0. The second-order valence-corrected chi connectivity index (χ2v) is 3.76. The zero-order valence-electron chi connectivity index (χ0n) is 10.3. The van der Waals surface area contributed by atoms with Crippen LogP contribution in [-0.4, -0.2) is 22.5 Å². The van der Waals surface area contributed by atoms with E-state index in [9.17, 15) is 4.79 Å². The molecule has 5 nitrogen and oxygen atoms in total. The third kappa shape index (κ3) is 2.62. The molecule has 1 atom stereocenters. The summed E-state index contributed by atoms with van der Waals surface area (Å²) in [6.45, 7) is 3.79. The van der Waals surface area contributed by atoms with Crippen molar-refractivity contribution in [1.29, 1.82) is 0 Å². The van der Waals surface area contributed by atoms with Crippen molar-refractivity contribution in [2.75, 3.05) is 6.61 Å². The molecule has 5 heteroatoms. The molecule has 18 heavy (non-hydrogen) atoms. The Balaban J connectivity index is 2.32. The second-order valence-electron chi connectivity index (χ2n) is 3.76. The lowest BCUT2D eigenvalue weighted by molar-refractivity contribution is 0.0832. The number of Topliss-reactive ketones (excluding diaryl/α,β-unsaturated/α-hetero) is 1. The molecule has 1 heterocycles. The standard InChI is InChI=1S/C13H14N2O3/c1-3-17-11(10-7-5-4-6-8-10)12-14-13(9(2)16)18-15-12/h4-8,11H,3H2,1-2H3. The van der Waals surface area contributed by atoms with Crippen molar-refractivity contribution in [2.45, 2.75) is 20.0 Å². The van der Waals surface area contributed by atoms with Gasteiger partial charge in [-0.25, -0.2) is 0 Å². The normalized spacial score (nSPS) is 12.3. The molecule has 94 valence electrons. The van der Waals surface area contributed by atoms with Crippen LogP contribution in [0, 0.1) is 0 Å². The number of benzene rings is 1. The van der Waals surface area contributed by atoms with Gasteiger partial charge in [-0.05, 0) is 12.5 Å². The molecule has 0 amide bonds. The molecule has 0 bridgehead atoms. The minimum Gasteiger partial charge on any atom is -0.366 e. The first-order chi connectivity index (χ1) is 8.72. The molecule has 2 rings (SSSR count). The molecule has 1 unspecified atom stereocenters. The third-order valence-corrected chi connectivity index (χ3v) is 2.41. The summed E-state index contributed by atoms with van der Waals surface area (Å²) in [5, 5.41) is 3.80. The van der Waals surface area contributed by atoms with Gasteiger partial charge in [0.05, 0.1) is 0 Å². The van der Waals surface area contributed by atoms with Crippen LogP contribution in [0.4, 0.5) is 0 Å². The van der Waals surface area contributed by atoms with Crippen LogP contribution in [0.2, 0.25) is 0 Å². The summed E-state index contributed by atoms with van der Waals surface area (Å²) in [7, 11) is 0. The second kappa shape index (κ2) is 5.55. The van der Waals surface area contributed by atoms with E-state index in [2.05, 4.69) is 10.1 Å². The van der Waals surface area contributed by atoms with Crippen LogP contribution in [0.25, 0.3) is 0 Å². The Bertz CT molecular complexity index is 522. The number of carbonyl (C=O) groups is 1. The maximum Gasteiger partial charge on any atom is 0.293 e. The van der Waals surface area contributed by atoms with Crippen LogP contribution in [0.3, 0.4) is 0 Å². The van der Waals surface area contributed by atoms with E-state index in [1.807, 2.05) is 37.3 Å². The summed E-state index contributed by atoms with van der Waals surface area (Å²) in [5.74, 6) is 0.121. The zero-order chi connectivity index (χ0) is 13.0. The van der Waals surface area contributed by atoms with E-state index < -0.39 is 6.10 Å². The molecule has 0 aliphatic heterocycles. The number of rotatable bonds is 5. The molecule has 2 aromatic rings. The van der Waals surface area contributed by atoms with Crippen LogP contribution in [-0.2, 0) is 4.74 Å². The number of nitrogens with zero attached hydrogens (tertiary/aromatic N) is 2. The Morgan fingerprint density at radius 3 is 2.67 bits per heavy atom. The van der Waals surface area contributed by atoms with Crippen molar-refractivity contribution >= 4 is 5.78 Å². The van der Waals surface area contributed by atoms with Crippen LogP contribution >= 0.6 is 0 Å². The fraction of sp³-hybridized carbons (Fsp3) is 0.308. The van der Waals surface area contributed by atoms with Crippen molar-refractivity contribution in [2.24, 2.45) is 0 Å².